The number of rotatable bonds is 3. The summed E-state index contributed by atoms with van der Waals surface area (Å²) < 4.78 is 0.971. The minimum atomic E-state index is -0.382. The first kappa shape index (κ1) is 10.1. The van der Waals surface area contributed by atoms with Gasteiger partial charge in [0.15, 0.2) is 0 Å². The lowest BCUT2D eigenvalue weighted by atomic mass is 10.3. The van der Waals surface area contributed by atoms with Gasteiger partial charge >= 0.3 is 0 Å². The van der Waals surface area contributed by atoms with Crippen molar-refractivity contribution in [1.29, 1.82) is 0 Å². The number of primary amides is 1. The molecule has 0 aliphatic rings. The molecule has 0 saturated heterocycles. The molecule has 4 nitrogen and oxygen atoms in total. The first-order valence-electron chi connectivity index (χ1n) is 3.67. The second-order valence-electron chi connectivity index (χ2n) is 2.56. The molecule has 0 bridgehead atoms. The molecule has 0 aliphatic carbocycles. The summed E-state index contributed by atoms with van der Waals surface area (Å²) in [5.41, 5.74) is 12.1. The number of hydrogen-bond donors (Lipinski definition) is 3. The number of nitrogen functional groups attached to an aromatic ring is 1. The smallest absolute Gasteiger partial charge is 0.236 e. The van der Waals surface area contributed by atoms with Crippen molar-refractivity contribution in [3.05, 3.63) is 21.8 Å². The van der Waals surface area contributed by atoms with Crippen molar-refractivity contribution >= 4 is 39.9 Å². The fourth-order valence-corrected chi connectivity index (χ4v) is 1.59. The zero-order valence-electron chi connectivity index (χ0n) is 6.88. The summed E-state index contributed by atoms with van der Waals surface area (Å²) in [4.78, 5) is 10.5. The molecule has 0 aliphatic heterocycles. The first-order chi connectivity index (χ1) is 6.09. The molecule has 1 rings (SSSR count). The molecule has 0 radical (unpaired) electrons. The molecule has 0 atom stereocenters. The molecule has 0 spiro atoms. The Hall–Kier alpha value is -0.980. The van der Waals surface area contributed by atoms with Crippen LogP contribution in [0, 0.1) is 3.57 Å². The Balaban J connectivity index is 2.72. The Morgan fingerprint density at radius 3 is 2.77 bits per heavy atom. The van der Waals surface area contributed by atoms with Gasteiger partial charge in [0.25, 0.3) is 0 Å². The molecule has 0 unspecified atom stereocenters. The SMILES string of the molecule is NC(=O)CNc1ccc(N)cc1I. The lowest BCUT2D eigenvalue weighted by Crippen LogP contribution is -2.22. The van der Waals surface area contributed by atoms with Crippen molar-refractivity contribution < 1.29 is 4.79 Å². The van der Waals surface area contributed by atoms with Crippen LogP contribution in [-0.4, -0.2) is 12.5 Å². The normalized spacial score (nSPS) is 9.62. The van der Waals surface area contributed by atoms with E-state index >= 15 is 0 Å². The molecule has 13 heavy (non-hydrogen) atoms. The number of anilines is 2. The molecule has 70 valence electrons. The van der Waals surface area contributed by atoms with Crippen LogP contribution in [0.1, 0.15) is 0 Å². The summed E-state index contributed by atoms with van der Waals surface area (Å²) in [6, 6.07) is 5.41. The Morgan fingerprint density at radius 1 is 1.54 bits per heavy atom. The number of carbonyl (C=O) groups excluding carboxylic acids is 1. The van der Waals surface area contributed by atoms with Gasteiger partial charge < -0.3 is 16.8 Å². The van der Waals surface area contributed by atoms with E-state index in [0.29, 0.717) is 5.69 Å². The quantitative estimate of drug-likeness (QED) is 0.568. The number of carbonyl (C=O) groups is 1. The monoisotopic (exact) mass is 291 g/mol. The van der Waals surface area contributed by atoms with Crippen molar-refractivity contribution in [2.45, 2.75) is 0 Å². The predicted molar refractivity (Wildman–Crippen MR) is 61.3 cm³/mol. The van der Waals surface area contributed by atoms with Gasteiger partial charge in [0.1, 0.15) is 0 Å². The first-order valence-corrected chi connectivity index (χ1v) is 4.74. The van der Waals surface area contributed by atoms with Gasteiger partial charge in [-0.2, -0.15) is 0 Å². The molecule has 0 fully saturated rings. The van der Waals surface area contributed by atoms with Gasteiger partial charge in [-0.1, -0.05) is 0 Å². The van der Waals surface area contributed by atoms with Crippen LogP contribution in [0.25, 0.3) is 0 Å². The highest BCUT2D eigenvalue weighted by Crippen LogP contribution is 2.20. The summed E-state index contributed by atoms with van der Waals surface area (Å²) in [6.45, 7) is 0.139. The zero-order valence-corrected chi connectivity index (χ0v) is 9.04. The fraction of sp³-hybridized carbons (Fsp3) is 0.125. The third-order valence-corrected chi connectivity index (χ3v) is 2.34. The highest BCUT2D eigenvalue weighted by Gasteiger charge is 2.00. The van der Waals surface area contributed by atoms with E-state index in [1.54, 1.807) is 6.07 Å². The standard InChI is InChI=1S/C8H10IN3O/c9-6-3-5(10)1-2-7(6)12-4-8(11)13/h1-3,12H,4,10H2,(H2,11,13). The van der Waals surface area contributed by atoms with Gasteiger partial charge in [-0.05, 0) is 40.8 Å². The Kier molecular flexibility index (Phi) is 3.35. The van der Waals surface area contributed by atoms with E-state index in [9.17, 15) is 4.79 Å². The largest absolute Gasteiger partial charge is 0.399 e. The van der Waals surface area contributed by atoms with E-state index in [4.69, 9.17) is 11.5 Å². The Morgan fingerprint density at radius 2 is 2.23 bits per heavy atom. The molecule has 5 N–H and O–H groups in total. The molecule has 0 saturated carbocycles. The Labute approximate surface area is 89.8 Å². The van der Waals surface area contributed by atoms with Crippen LogP contribution in [0.4, 0.5) is 11.4 Å². The van der Waals surface area contributed by atoms with E-state index in [2.05, 4.69) is 27.9 Å². The fourth-order valence-electron chi connectivity index (χ4n) is 0.857. The van der Waals surface area contributed by atoms with E-state index in [1.165, 1.54) is 0 Å². The summed E-state index contributed by atoms with van der Waals surface area (Å²) in [5.74, 6) is -0.382. The molecule has 1 aromatic carbocycles. The minimum absolute atomic E-state index is 0.139. The van der Waals surface area contributed by atoms with Crippen LogP contribution in [0.2, 0.25) is 0 Å². The maximum atomic E-state index is 10.5. The van der Waals surface area contributed by atoms with Crippen LogP contribution < -0.4 is 16.8 Å². The van der Waals surface area contributed by atoms with Crippen LogP contribution in [0.5, 0.6) is 0 Å². The average Bonchev–Trinajstić information content (AvgIpc) is 2.02. The molecule has 5 heteroatoms. The van der Waals surface area contributed by atoms with Gasteiger partial charge in [-0.3, -0.25) is 4.79 Å². The number of nitrogens with two attached hydrogens (primary N) is 2. The molecule has 1 aromatic rings. The second kappa shape index (κ2) is 4.31. The van der Waals surface area contributed by atoms with E-state index < -0.39 is 0 Å². The number of nitrogens with one attached hydrogen (secondary N) is 1. The van der Waals surface area contributed by atoms with Crippen LogP contribution in [-0.2, 0) is 4.79 Å². The van der Waals surface area contributed by atoms with Crippen molar-refractivity contribution in [1.82, 2.24) is 0 Å². The maximum Gasteiger partial charge on any atom is 0.236 e. The minimum Gasteiger partial charge on any atom is -0.399 e. The molecule has 0 aromatic heterocycles. The van der Waals surface area contributed by atoms with Crippen LogP contribution >= 0.6 is 22.6 Å². The molecule has 1 amide bonds. The van der Waals surface area contributed by atoms with E-state index in [0.717, 1.165) is 9.26 Å². The number of halogens is 1. The van der Waals surface area contributed by atoms with Gasteiger partial charge in [0, 0.05) is 14.9 Å². The summed E-state index contributed by atoms with van der Waals surface area (Å²) in [7, 11) is 0. The van der Waals surface area contributed by atoms with Gasteiger partial charge in [-0.15, -0.1) is 0 Å². The van der Waals surface area contributed by atoms with Crippen LogP contribution in [0.3, 0.4) is 0 Å². The second-order valence-corrected chi connectivity index (χ2v) is 3.72. The van der Waals surface area contributed by atoms with E-state index in [1.807, 2.05) is 12.1 Å². The summed E-state index contributed by atoms with van der Waals surface area (Å²) >= 11 is 2.14. The zero-order chi connectivity index (χ0) is 9.84. The average molecular weight is 291 g/mol. The summed E-state index contributed by atoms with van der Waals surface area (Å²) in [5, 5.41) is 2.90. The highest BCUT2D eigenvalue weighted by molar-refractivity contribution is 14.1. The van der Waals surface area contributed by atoms with Gasteiger partial charge in [-0.25, -0.2) is 0 Å². The molecule has 0 heterocycles. The van der Waals surface area contributed by atoms with Crippen molar-refractivity contribution in [2.24, 2.45) is 5.73 Å². The highest BCUT2D eigenvalue weighted by atomic mass is 127. The van der Waals surface area contributed by atoms with Crippen LogP contribution in [0.15, 0.2) is 18.2 Å². The lowest BCUT2D eigenvalue weighted by Gasteiger charge is -2.06. The van der Waals surface area contributed by atoms with Crippen molar-refractivity contribution in [3.63, 3.8) is 0 Å². The Bertz CT molecular complexity index is 327. The van der Waals surface area contributed by atoms with E-state index in [-0.39, 0.29) is 12.5 Å². The lowest BCUT2D eigenvalue weighted by molar-refractivity contribution is -0.116. The topological polar surface area (TPSA) is 81.1 Å². The number of benzene rings is 1. The van der Waals surface area contributed by atoms with Crippen molar-refractivity contribution in [3.8, 4) is 0 Å². The van der Waals surface area contributed by atoms with Gasteiger partial charge in [0.2, 0.25) is 5.91 Å². The predicted octanol–water partition coefficient (Wildman–Crippen LogP) is 0.771. The van der Waals surface area contributed by atoms with Crippen molar-refractivity contribution in [2.75, 3.05) is 17.6 Å². The summed E-state index contributed by atoms with van der Waals surface area (Å²) in [6.07, 6.45) is 0. The number of hydrogen-bond acceptors (Lipinski definition) is 3. The third-order valence-electron chi connectivity index (χ3n) is 1.45. The maximum absolute atomic E-state index is 10.5. The third kappa shape index (κ3) is 3.10. The molecular formula is C8H10IN3O. The van der Waals surface area contributed by atoms with Gasteiger partial charge in [0.05, 0.1) is 6.54 Å². The molecular weight excluding hydrogens is 281 g/mol. The number of amides is 1.